The number of nitriles is 1. The van der Waals surface area contributed by atoms with Gasteiger partial charge in [-0.1, -0.05) is 46.3 Å². The Hall–Kier alpha value is -1.83. The number of nitrogens with zero attached hydrogens (tertiary/aromatic N) is 1. The van der Waals surface area contributed by atoms with Crippen LogP contribution < -0.4 is 10.1 Å². The summed E-state index contributed by atoms with van der Waals surface area (Å²) >= 11 is 3.59. The minimum atomic E-state index is 0.255. The van der Waals surface area contributed by atoms with Gasteiger partial charge in [0.15, 0.2) is 0 Å². The summed E-state index contributed by atoms with van der Waals surface area (Å²) in [5, 5.41) is 12.1. The molecule has 0 aliphatic heterocycles. The second kappa shape index (κ2) is 9.34. The van der Waals surface area contributed by atoms with Crippen LogP contribution in [-0.2, 0) is 6.54 Å². The van der Waals surface area contributed by atoms with E-state index >= 15 is 0 Å². The summed E-state index contributed by atoms with van der Waals surface area (Å²) in [6.45, 7) is 3.51. The monoisotopic (exact) mass is 372 g/mol. The quantitative estimate of drug-likeness (QED) is 0.664. The summed E-state index contributed by atoms with van der Waals surface area (Å²) in [4.78, 5) is 0. The molecule has 0 aromatic heterocycles. The van der Waals surface area contributed by atoms with Crippen LogP contribution >= 0.6 is 15.9 Å². The Morgan fingerprint density at radius 3 is 2.83 bits per heavy atom. The van der Waals surface area contributed by atoms with Gasteiger partial charge in [-0.2, -0.15) is 5.26 Å². The van der Waals surface area contributed by atoms with Crippen LogP contribution in [0.25, 0.3) is 0 Å². The topological polar surface area (TPSA) is 45.0 Å². The highest BCUT2D eigenvalue weighted by Gasteiger charge is 2.08. The fourth-order valence-corrected chi connectivity index (χ4v) is 2.92. The number of halogens is 1. The number of benzene rings is 2. The summed E-state index contributed by atoms with van der Waals surface area (Å²) in [5.41, 5.74) is 2.43. The molecule has 2 aromatic rings. The molecule has 0 fully saturated rings. The lowest BCUT2D eigenvalue weighted by molar-refractivity contribution is 0.312. The smallest absolute Gasteiger partial charge is 0.119 e. The van der Waals surface area contributed by atoms with Crippen molar-refractivity contribution in [2.24, 2.45) is 0 Å². The molecule has 3 nitrogen and oxygen atoms in total. The van der Waals surface area contributed by atoms with E-state index in [1.807, 2.05) is 30.3 Å². The molecule has 0 aliphatic carbocycles. The molecule has 0 saturated carbocycles. The molecule has 4 heteroatoms. The highest BCUT2D eigenvalue weighted by Crippen LogP contribution is 2.23. The van der Waals surface area contributed by atoms with Crippen molar-refractivity contribution in [2.75, 3.05) is 6.61 Å². The number of nitrogens with one attached hydrogen (secondary N) is 1. The number of unbranched alkanes of at least 4 members (excludes halogenated alkanes) is 1. The van der Waals surface area contributed by atoms with Crippen LogP contribution in [0.4, 0.5) is 0 Å². The van der Waals surface area contributed by atoms with E-state index in [1.54, 1.807) is 0 Å². The van der Waals surface area contributed by atoms with Crippen molar-refractivity contribution in [1.29, 1.82) is 5.26 Å². The summed E-state index contributed by atoms with van der Waals surface area (Å²) in [7, 11) is 0. The highest BCUT2D eigenvalue weighted by atomic mass is 79.9. The van der Waals surface area contributed by atoms with E-state index in [0.717, 1.165) is 23.2 Å². The van der Waals surface area contributed by atoms with Gasteiger partial charge in [-0.25, -0.2) is 0 Å². The molecule has 23 heavy (non-hydrogen) atoms. The van der Waals surface area contributed by atoms with E-state index in [1.165, 1.54) is 11.1 Å². The van der Waals surface area contributed by atoms with Crippen molar-refractivity contribution >= 4 is 15.9 Å². The lowest BCUT2D eigenvalue weighted by Crippen LogP contribution is -2.18. The van der Waals surface area contributed by atoms with Crippen LogP contribution in [0, 0.1) is 11.3 Å². The Kier molecular flexibility index (Phi) is 7.12. The molecule has 0 saturated heterocycles. The fourth-order valence-electron chi connectivity index (χ4n) is 2.29. The van der Waals surface area contributed by atoms with E-state index in [0.29, 0.717) is 13.0 Å². The first-order chi connectivity index (χ1) is 11.2. The van der Waals surface area contributed by atoms with Gasteiger partial charge in [-0.15, -0.1) is 0 Å². The lowest BCUT2D eigenvalue weighted by Gasteiger charge is -2.16. The van der Waals surface area contributed by atoms with Crippen molar-refractivity contribution in [3.8, 4) is 11.8 Å². The molecular weight excluding hydrogens is 352 g/mol. The standard InChI is InChI=1S/C19H21BrN2O/c1-15(18-9-2-3-10-19(18)20)22-14-16-7-6-8-17(13-16)23-12-5-4-11-21/h2-3,6-10,13,15,22H,4-5,12,14H2,1H3. The van der Waals surface area contributed by atoms with Crippen molar-refractivity contribution in [1.82, 2.24) is 5.32 Å². The van der Waals surface area contributed by atoms with Gasteiger partial charge in [0.25, 0.3) is 0 Å². The average molecular weight is 373 g/mol. The van der Waals surface area contributed by atoms with Crippen LogP contribution in [0.15, 0.2) is 53.0 Å². The lowest BCUT2D eigenvalue weighted by atomic mass is 10.1. The summed E-state index contributed by atoms with van der Waals surface area (Å²) in [6, 6.07) is 18.7. The first-order valence-corrected chi connectivity index (χ1v) is 8.56. The minimum absolute atomic E-state index is 0.255. The Bertz CT molecular complexity index is 666. The van der Waals surface area contributed by atoms with Gasteiger partial charge in [0.2, 0.25) is 0 Å². The third-order valence-electron chi connectivity index (χ3n) is 3.58. The Labute approximate surface area is 146 Å². The zero-order valence-electron chi connectivity index (χ0n) is 13.3. The molecule has 0 spiro atoms. The van der Waals surface area contributed by atoms with Crippen LogP contribution in [0.2, 0.25) is 0 Å². The maximum Gasteiger partial charge on any atom is 0.119 e. The molecule has 1 atom stereocenters. The van der Waals surface area contributed by atoms with Gasteiger partial charge >= 0.3 is 0 Å². The van der Waals surface area contributed by atoms with E-state index in [4.69, 9.17) is 10.00 Å². The largest absolute Gasteiger partial charge is 0.494 e. The summed E-state index contributed by atoms with van der Waals surface area (Å²) in [5.74, 6) is 0.857. The van der Waals surface area contributed by atoms with E-state index in [-0.39, 0.29) is 6.04 Å². The molecule has 120 valence electrons. The first-order valence-electron chi connectivity index (χ1n) is 7.77. The van der Waals surface area contributed by atoms with E-state index in [9.17, 15) is 0 Å². The van der Waals surface area contributed by atoms with Crippen LogP contribution in [0.5, 0.6) is 5.75 Å². The van der Waals surface area contributed by atoms with Crippen molar-refractivity contribution in [3.63, 3.8) is 0 Å². The fraction of sp³-hybridized carbons (Fsp3) is 0.316. The summed E-state index contributed by atoms with van der Waals surface area (Å²) < 4.78 is 6.79. The number of ether oxygens (including phenoxy) is 1. The molecule has 0 bridgehead atoms. The molecule has 0 radical (unpaired) electrons. The second-order valence-electron chi connectivity index (χ2n) is 5.38. The van der Waals surface area contributed by atoms with Gasteiger partial charge in [-0.05, 0) is 42.7 Å². The van der Waals surface area contributed by atoms with Gasteiger partial charge < -0.3 is 10.1 Å². The molecule has 1 unspecified atom stereocenters. The van der Waals surface area contributed by atoms with Crippen molar-refractivity contribution in [2.45, 2.75) is 32.4 Å². The van der Waals surface area contributed by atoms with Gasteiger partial charge in [0.1, 0.15) is 5.75 Å². The molecule has 0 amide bonds. The van der Waals surface area contributed by atoms with Gasteiger partial charge in [-0.3, -0.25) is 0 Å². The molecule has 2 rings (SSSR count). The van der Waals surface area contributed by atoms with Gasteiger partial charge in [0, 0.05) is 23.5 Å². The average Bonchev–Trinajstić information content (AvgIpc) is 2.57. The normalized spacial score (nSPS) is 11.7. The maximum absolute atomic E-state index is 8.53. The number of hydrogen-bond donors (Lipinski definition) is 1. The Morgan fingerprint density at radius 2 is 2.04 bits per heavy atom. The van der Waals surface area contributed by atoms with Crippen molar-refractivity contribution < 1.29 is 4.74 Å². The summed E-state index contributed by atoms with van der Waals surface area (Å²) in [6.07, 6.45) is 1.29. The minimum Gasteiger partial charge on any atom is -0.494 e. The number of rotatable bonds is 8. The predicted molar refractivity (Wildman–Crippen MR) is 96.2 cm³/mol. The molecule has 0 heterocycles. The Morgan fingerprint density at radius 1 is 1.22 bits per heavy atom. The maximum atomic E-state index is 8.53. The van der Waals surface area contributed by atoms with Crippen LogP contribution in [0.3, 0.4) is 0 Å². The first kappa shape index (κ1) is 17.5. The SMILES string of the molecule is CC(NCc1cccc(OCCCC#N)c1)c1ccccc1Br. The zero-order valence-corrected chi connectivity index (χ0v) is 14.8. The zero-order chi connectivity index (χ0) is 16.5. The van der Waals surface area contributed by atoms with E-state index < -0.39 is 0 Å². The molecular formula is C19H21BrN2O. The van der Waals surface area contributed by atoms with Gasteiger partial charge in [0.05, 0.1) is 12.7 Å². The third-order valence-corrected chi connectivity index (χ3v) is 4.31. The second-order valence-corrected chi connectivity index (χ2v) is 6.24. The number of hydrogen-bond acceptors (Lipinski definition) is 3. The van der Waals surface area contributed by atoms with Crippen molar-refractivity contribution in [3.05, 3.63) is 64.1 Å². The third kappa shape index (κ3) is 5.70. The van der Waals surface area contributed by atoms with Crippen LogP contribution in [-0.4, -0.2) is 6.61 Å². The highest BCUT2D eigenvalue weighted by molar-refractivity contribution is 9.10. The van der Waals surface area contributed by atoms with E-state index in [2.05, 4.69) is 52.4 Å². The Balaban J connectivity index is 1.88. The molecule has 1 N–H and O–H groups in total. The molecule has 2 aromatic carbocycles. The predicted octanol–water partition coefficient (Wildman–Crippen LogP) is 4.98. The molecule has 0 aliphatic rings. The van der Waals surface area contributed by atoms with Crippen LogP contribution in [0.1, 0.15) is 36.9 Å².